The quantitative estimate of drug-likeness (QED) is 0.660. The fourth-order valence-electron chi connectivity index (χ4n) is 1.23. The molecule has 0 amide bonds. The van der Waals surface area contributed by atoms with Gasteiger partial charge in [-0.25, -0.2) is 8.78 Å². The van der Waals surface area contributed by atoms with Gasteiger partial charge in [-0.15, -0.1) is 0 Å². The lowest BCUT2D eigenvalue weighted by molar-refractivity contribution is 0.0253. The summed E-state index contributed by atoms with van der Waals surface area (Å²) in [6.45, 7) is 11.4. The summed E-state index contributed by atoms with van der Waals surface area (Å²) in [4.78, 5) is 1.70. The molecule has 1 atom stereocenters. The molecule has 2 nitrogen and oxygen atoms in total. The lowest BCUT2D eigenvalue weighted by Gasteiger charge is -2.23. The minimum absolute atomic E-state index is 0.0312. The topological polar surface area (TPSA) is 12.5 Å². The Bertz CT molecular complexity index is 123. The third kappa shape index (κ3) is 11.7. The molecule has 4 heteroatoms. The number of alkyl halides is 2. The summed E-state index contributed by atoms with van der Waals surface area (Å²) in [5.74, 6) is 0. The van der Waals surface area contributed by atoms with Crippen molar-refractivity contribution >= 4 is 0 Å². The minimum Gasteiger partial charge on any atom is -0.377 e. The van der Waals surface area contributed by atoms with Crippen LogP contribution in [0.1, 0.15) is 34.6 Å². The molecular formula is C11H25F2NO. The van der Waals surface area contributed by atoms with Gasteiger partial charge in [0.1, 0.15) is 0 Å². The maximum absolute atomic E-state index is 12.0. The van der Waals surface area contributed by atoms with E-state index in [1.807, 2.05) is 34.6 Å². The second-order valence-corrected chi connectivity index (χ2v) is 3.01. The number of nitrogens with zero attached hydrogens (tertiary/aromatic N) is 1. The van der Waals surface area contributed by atoms with Crippen LogP contribution >= 0.6 is 0 Å². The molecule has 0 aromatic heterocycles. The van der Waals surface area contributed by atoms with E-state index in [1.54, 1.807) is 4.90 Å². The van der Waals surface area contributed by atoms with Gasteiger partial charge >= 0.3 is 0 Å². The zero-order chi connectivity index (χ0) is 12.3. The maximum atomic E-state index is 12.0. The number of rotatable bonds is 7. The monoisotopic (exact) mass is 225 g/mol. The highest BCUT2D eigenvalue weighted by Gasteiger charge is 2.13. The smallest absolute Gasteiger partial charge is 0.251 e. The van der Waals surface area contributed by atoms with E-state index in [1.165, 1.54) is 0 Å². The molecule has 0 aliphatic rings. The SMILES string of the molecule is CC.CCO[C@@H](C)CN(CC)CC(F)F. The number of likely N-dealkylation sites (N-methyl/N-ethyl adjacent to an activating group) is 1. The molecule has 0 radical (unpaired) electrons. The summed E-state index contributed by atoms with van der Waals surface area (Å²) in [5.41, 5.74) is 0. The molecule has 94 valence electrons. The fraction of sp³-hybridized carbons (Fsp3) is 1.00. The largest absolute Gasteiger partial charge is 0.377 e. The van der Waals surface area contributed by atoms with Gasteiger partial charge in [-0.05, 0) is 20.4 Å². The fourth-order valence-corrected chi connectivity index (χ4v) is 1.23. The normalized spacial score (nSPS) is 12.6. The Morgan fingerprint density at radius 1 is 1.13 bits per heavy atom. The maximum Gasteiger partial charge on any atom is 0.251 e. The van der Waals surface area contributed by atoms with Crippen LogP contribution in [0.3, 0.4) is 0 Å². The van der Waals surface area contributed by atoms with Crippen LogP contribution in [-0.2, 0) is 4.74 Å². The van der Waals surface area contributed by atoms with Crippen LogP contribution in [0.25, 0.3) is 0 Å². The second kappa shape index (κ2) is 11.9. The van der Waals surface area contributed by atoms with Gasteiger partial charge in [0.05, 0.1) is 12.6 Å². The van der Waals surface area contributed by atoms with Crippen molar-refractivity contribution in [1.82, 2.24) is 4.90 Å². The van der Waals surface area contributed by atoms with Crippen molar-refractivity contribution in [2.75, 3.05) is 26.2 Å². The van der Waals surface area contributed by atoms with Crippen molar-refractivity contribution in [2.24, 2.45) is 0 Å². The van der Waals surface area contributed by atoms with Gasteiger partial charge < -0.3 is 4.74 Å². The number of hydrogen-bond acceptors (Lipinski definition) is 2. The van der Waals surface area contributed by atoms with E-state index in [2.05, 4.69) is 0 Å². The van der Waals surface area contributed by atoms with Gasteiger partial charge in [0.15, 0.2) is 0 Å². The summed E-state index contributed by atoms with van der Waals surface area (Å²) in [6.07, 6.45) is -2.22. The average Bonchev–Trinajstić information content (AvgIpc) is 2.19. The highest BCUT2D eigenvalue weighted by molar-refractivity contribution is 4.61. The Morgan fingerprint density at radius 3 is 2.00 bits per heavy atom. The first-order valence-corrected chi connectivity index (χ1v) is 5.72. The number of ether oxygens (including phenoxy) is 1. The lowest BCUT2D eigenvalue weighted by atomic mass is 10.3. The van der Waals surface area contributed by atoms with Crippen molar-refractivity contribution in [3.8, 4) is 0 Å². The van der Waals surface area contributed by atoms with E-state index >= 15 is 0 Å². The van der Waals surface area contributed by atoms with E-state index in [0.29, 0.717) is 19.7 Å². The molecule has 0 unspecified atom stereocenters. The predicted molar refractivity (Wildman–Crippen MR) is 60.6 cm³/mol. The van der Waals surface area contributed by atoms with Gasteiger partial charge in [0.25, 0.3) is 6.43 Å². The van der Waals surface area contributed by atoms with E-state index in [0.717, 1.165) is 0 Å². The van der Waals surface area contributed by atoms with Crippen molar-refractivity contribution in [3.05, 3.63) is 0 Å². The van der Waals surface area contributed by atoms with Crippen LogP contribution in [0.4, 0.5) is 8.78 Å². The number of halogens is 2. The van der Waals surface area contributed by atoms with E-state index < -0.39 is 6.43 Å². The van der Waals surface area contributed by atoms with Gasteiger partial charge in [0, 0.05) is 13.2 Å². The summed E-state index contributed by atoms with van der Waals surface area (Å²) >= 11 is 0. The molecule has 0 aliphatic carbocycles. The third-order valence-corrected chi connectivity index (χ3v) is 1.81. The highest BCUT2D eigenvalue weighted by atomic mass is 19.3. The molecule has 0 aromatic carbocycles. The second-order valence-electron chi connectivity index (χ2n) is 3.01. The molecule has 15 heavy (non-hydrogen) atoms. The van der Waals surface area contributed by atoms with Crippen LogP contribution < -0.4 is 0 Å². The summed E-state index contributed by atoms with van der Waals surface area (Å²) < 4.78 is 29.3. The molecule has 0 fully saturated rings. The van der Waals surface area contributed by atoms with E-state index in [9.17, 15) is 8.78 Å². The molecule has 0 aliphatic heterocycles. The molecule has 0 heterocycles. The van der Waals surface area contributed by atoms with Crippen LogP contribution in [0.15, 0.2) is 0 Å². The molecule has 0 spiro atoms. The Morgan fingerprint density at radius 2 is 1.67 bits per heavy atom. The highest BCUT2D eigenvalue weighted by Crippen LogP contribution is 2.01. The van der Waals surface area contributed by atoms with Crippen LogP contribution in [0, 0.1) is 0 Å². The van der Waals surface area contributed by atoms with Crippen molar-refractivity contribution in [2.45, 2.75) is 47.1 Å². The van der Waals surface area contributed by atoms with Gasteiger partial charge in [-0.3, -0.25) is 4.90 Å². The molecule has 0 N–H and O–H groups in total. The van der Waals surface area contributed by atoms with Crippen molar-refractivity contribution < 1.29 is 13.5 Å². The van der Waals surface area contributed by atoms with Crippen molar-refractivity contribution in [1.29, 1.82) is 0 Å². The zero-order valence-electron chi connectivity index (χ0n) is 10.6. The van der Waals surface area contributed by atoms with Crippen LogP contribution in [0.5, 0.6) is 0 Å². The van der Waals surface area contributed by atoms with Gasteiger partial charge in [0.2, 0.25) is 0 Å². The minimum atomic E-state index is -2.26. The molecule has 0 aromatic rings. The third-order valence-electron chi connectivity index (χ3n) is 1.81. The average molecular weight is 225 g/mol. The Hall–Kier alpha value is -0.220. The van der Waals surface area contributed by atoms with Crippen LogP contribution in [0.2, 0.25) is 0 Å². The summed E-state index contributed by atoms with van der Waals surface area (Å²) in [7, 11) is 0. The van der Waals surface area contributed by atoms with Gasteiger partial charge in [-0.1, -0.05) is 20.8 Å². The Kier molecular flexibility index (Phi) is 13.6. The van der Waals surface area contributed by atoms with Crippen LogP contribution in [-0.4, -0.2) is 43.7 Å². The molecular weight excluding hydrogens is 200 g/mol. The molecule has 0 saturated carbocycles. The first-order valence-electron chi connectivity index (χ1n) is 5.72. The first-order chi connectivity index (χ1) is 7.10. The molecule has 0 saturated heterocycles. The molecule has 0 bridgehead atoms. The van der Waals surface area contributed by atoms with Crippen molar-refractivity contribution in [3.63, 3.8) is 0 Å². The Balaban J connectivity index is 0. The standard InChI is InChI=1S/C9H19F2NO.C2H6/c1-4-12(7-9(10)11)6-8(3)13-5-2;1-2/h8-9H,4-7H2,1-3H3;1-2H3/t8-;/m0./s1. The summed E-state index contributed by atoms with van der Waals surface area (Å²) in [6, 6.07) is 0. The number of hydrogen-bond donors (Lipinski definition) is 0. The summed E-state index contributed by atoms with van der Waals surface area (Å²) in [5, 5.41) is 0. The molecule has 0 rings (SSSR count). The van der Waals surface area contributed by atoms with E-state index in [-0.39, 0.29) is 12.6 Å². The lowest BCUT2D eigenvalue weighted by Crippen LogP contribution is -2.35. The first kappa shape index (κ1) is 17.2. The Labute approximate surface area is 92.6 Å². The van der Waals surface area contributed by atoms with Gasteiger partial charge in [-0.2, -0.15) is 0 Å². The zero-order valence-corrected chi connectivity index (χ0v) is 10.6. The predicted octanol–water partition coefficient (Wildman–Crippen LogP) is 3.02. The van der Waals surface area contributed by atoms with E-state index in [4.69, 9.17) is 4.74 Å².